The summed E-state index contributed by atoms with van der Waals surface area (Å²) in [6, 6.07) is 0. The zero-order valence-corrected chi connectivity index (χ0v) is 16.6. The predicted molar refractivity (Wildman–Crippen MR) is 102 cm³/mol. The summed E-state index contributed by atoms with van der Waals surface area (Å²) in [5.41, 5.74) is -0.776. The van der Waals surface area contributed by atoms with Gasteiger partial charge in [0.2, 0.25) is 5.78 Å². The standard InChI is InChI=1S/C21H19NO8/c1-8-17(27)15(10(3)23)19-16-18(8)30-21(16)12(29-19)7-11(24)14(20(21)28)9(2)22-6-4-5-13(25)26/h7,14,27H,4-6H2,1-3H3,(H,25,26). The molecule has 156 valence electrons. The summed E-state index contributed by atoms with van der Waals surface area (Å²) in [7, 11) is 0. The molecule has 1 spiro atoms. The molecule has 2 N–H and O–H groups in total. The van der Waals surface area contributed by atoms with Gasteiger partial charge in [0.15, 0.2) is 23.1 Å². The van der Waals surface area contributed by atoms with Gasteiger partial charge in [0, 0.05) is 30.3 Å². The molecule has 2 unspecified atom stereocenters. The summed E-state index contributed by atoms with van der Waals surface area (Å²) in [4.78, 5) is 53.0. The van der Waals surface area contributed by atoms with Gasteiger partial charge in [-0.1, -0.05) is 0 Å². The van der Waals surface area contributed by atoms with E-state index in [1.54, 1.807) is 6.92 Å². The highest BCUT2D eigenvalue weighted by Crippen LogP contribution is 2.64. The Morgan fingerprint density at radius 2 is 1.93 bits per heavy atom. The fourth-order valence-electron chi connectivity index (χ4n) is 4.15. The van der Waals surface area contributed by atoms with Crippen molar-refractivity contribution >= 4 is 29.0 Å². The third kappa shape index (κ3) is 2.44. The third-order valence-electron chi connectivity index (χ3n) is 5.63. The lowest BCUT2D eigenvalue weighted by molar-refractivity contribution is -0.144. The monoisotopic (exact) mass is 413 g/mol. The van der Waals surface area contributed by atoms with Gasteiger partial charge >= 0.3 is 5.97 Å². The van der Waals surface area contributed by atoms with E-state index in [9.17, 15) is 24.3 Å². The molecule has 1 aromatic carbocycles. The van der Waals surface area contributed by atoms with Crippen LogP contribution in [0.15, 0.2) is 16.8 Å². The zero-order chi connectivity index (χ0) is 22.0. The van der Waals surface area contributed by atoms with E-state index in [1.807, 2.05) is 0 Å². The lowest BCUT2D eigenvalue weighted by Crippen LogP contribution is -2.56. The number of aliphatic carboxylic acids is 1. The molecule has 2 heterocycles. The molecular formula is C21H19NO8. The van der Waals surface area contributed by atoms with E-state index in [1.165, 1.54) is 19.9 Å². The molecule has 2 atom stereocenters. The van der Waals surface area contributed by atoms with E-state index >= 15 is 0 Å². The van der Waals surface area contributed by atoms with Crippen molar-refractivity contribution in [1.29, 1.82) is 0 Å². The minimum absolute atomic E-state index is 0.0255. The number of phenols is 1. The second-order valence-electron chi connectivity index (χ2n) is 7.55. The van der Waals surface area contributed by atoms with Crippen LogP contribution in [0.25, 0.3) is 0 Å². The highest BCUT2D eigenvalue weighted by molar-refractivity contribution is 6.29. The molecule has 0 amide bonds. The van der Waals surface area contributed by atoms with Gasteiger partial charge in [-0.15, -0.1) is 0 Å². The molecule has 0 saturated carbocycles. The van der Waals surface area contributed by atoms with Crippen molar-refractivity contribution in [1.82, 2.24) is 0 Å². The number of ketones is 3. The van der Waals surface area contributed by atoms with Crippen LogP contribution >= 0.6 is 0 Å². The number of aliphatic imine (C=N–C) groups is 1. The van der Waals surface area contributed by atoms with E-state index < -0.39 is 34.8 Å². The maximum absolute atomic E-state index is 13.4. The molecule has 9 heteroatoms. The lowest BCUT2D eigenvalue weighted by Gasteiger charge is -2.42. The molecule has 0 radical (unpaired) electrons. The summed E-state index contributed by atoms with van der Waals surface area (Å²) in [6.45, 7) is 4.54. The van der Waals surface area contributed by atoms with E-state index in [0.29, 0.717) is 11.1 Å². The number of carboxylic acids is 1. The van der Waals surface area contributed by atoms with Gasteiger partial charge in [-0.25, -0.2) is 0 Å². The topological polar surface area (TPSA) is 140 Å². The lowest BCUT2D eigenvalue weighted by atomic mass is 9.71. The predicted octanol–water partition coefficient (Wildman–Crippen LogP) is 1.86. The van der Waals surface area contributed by atoms with Gasteiger partial charge in [-0.2, -0.15) is 0 Å². The minimum atomic E-state index is -1.64. The Kier molecular flexibility index (Phi) is 4.30. The fraction of sp³-hybridized carbons (Fsp3) is 0.381. The van der Waals surface area contributed by atoms with Crippen LogP contribution in [0, 0.1) is 12.8 Å². The maximum Gasteiger partial charge on any atom is 0.303 e. The van der Waals surface area contributed by atoms with Crippen LogP contribution in [-0.2, 0) is 20.0 Å². The van der Waals surface area contributed by atoms with Crippen molar-refractivity contribution in [3.05, 3.63) is 28.5 Å². The number of phenolic OH excluding ortho intramolecular Hbond substituents is 1. The van der Waals surface area contributed by atoms with Gasteiger partial charge in [0.1, 0.15) is 23.0 Å². The first-order chi connectivity index (χ1) is 14.1. The molecule has 30 heavy (non-hydrogen) atoms. The number of carbonyl (C=O) groups excluding carboxylic acids is 3. The van der Waals surface area contributed by atoms with E-state index in [4.69, 9.17) is 14.6 Å². The van der Waals surface area contributed by atoms with E-state index in [2.05, 4.69) is 4.99 Å². The van der Waals surface area contributed by atoms with Crippen LogP contribution in [0.4, 0.5) is 0 Å². The Bertz CT molecular complexity index is 1110. The first kappa shape index (κ1) is 19.8. The van der Waals surface area contributed by atoms with Crippen LogP contribution in [-0.4, -0.2) is 45.8 Å². The van der Waals surface area contributed by atoms with Crippen molar-refractivity contribution in [3.63, 3.8) is 0 Å². The summed E-state index contributed by atoms with van der Waals surface area (Å²) in [6.07, 6.45) is 1.38. The molecule has 0 aromatic heterocycles. The number of carboxylic acid groups (broad SMARTS) is 1. The van der Waals surface area contributed by atoms with Crippen LogP contribution in [0.5, 0.6) is 17.2 Å². The van der Waals surface area contributed by atoms with Crippen molar-refractivity contribution in [2.75, 3.05) is 6.54 Å². The van der Waals surface area contributed by atoms with Gasteiger partial charge in [0.05, 0.1) is 5.56 Å². The first-order valence-corrected chi connectivity index (χ1v) is 9.42. The first-order valence-electron chi connectivity index (χ1n) is 9.42. The highest BCUT2D eigenvalue weighted by Gasteiger charge is 2.68. The number of rotatable bonds is 6. The number of allylic oxidation sites excluding steroid dienone is 1. The molecule has 1 aromatic rings. The SMILES string of the molecule is CC(=O)c1c(O)c(C)c2c3c1OC1=CC(=O)C(C(C)=NCCCC(=O)O)C(=O)C13O2. The van der Waals surface area contributed by atoms with E-state index in [-0.39, 0.29) is 53.7 Å². The van der Waals surface area contributed by atoms with Crippen molar-refractivity contribution in [3.8, 4) is 17.2 Å². The molecule has 2 aliphatic heterocycles. The number of ether oxygens (including phenoxy) is 2. The van der Waals surface area contributed by atoms with Crippen LogP contribution in [0.2, 0.25) is 0 Å². The highest BCUT2D eigenvalue weighted by atomic mass is 16.6. The van der Waals surface area contributed by atoms with Gasteiger partial charge in [0.25, 0.3) is 5.60 Å². The second-order valence-corrected chi connectivity index (χ2v) is 7.55. The molecule has 1 aliphatic carbocycles. The summed E-state index contributed by atoms with van der Waals surface area (Å²) >= 11 is 0. The quantitative estimate of drug-likeness (QED) is 0.312. The Morgan fingerprint density at radius 3 is 2.57 bits per heavy atom. The number of hydrogen-bond donors (Lipinski definition) is 2. The number of nitrogens with zero attached hydrogens (tertiary/aromatic N) is 1. The zero-order valence-electron chi connectivity index (χ0n) is 16.6. The molecule has 3 aliphatic rings. The molecular weight excluding hydrogens is 394 g/mol. The van der Waals surface area contributed by atoms with Gasteiger partial charge < -0.3 is 19.7 Å². The Morgan fingerprint density at radius 1 is 1.23 bits per heavy atom. The Balaban J connectivity index is 1.76. The van der Waals surface area contributed by atoms with Crippen molar-refractivity contribution in [2.24, 2.45) is 10.9 Å². The summed E-state index contributed by atoms with van der Waals surface area (Å²) < 4.78 is 11.5. The molecule has 4 rings (SSSR count). The summed E-state index contributed by atoms with van der Waals surface area (Å²) in [5, 5.41) is 19.1. The van der Waals surface area contributed by atoms with Crippen LogP contribution in [0.3, 0.4) is 0 Å². The average Bonchev–Trinajstić information content (AvgIpc) is 2.88. The number of carbonyl (C=O) groups is 4. The largest absolute Gasteiger partial charge is 0.507 e. The average molecular weight is 413 g/mol. The van der Waals surface area contributed by atoms with Crippen molar-refractivity contribution < 1.29 is 38.9 Å². The van der Waals surface area contributed by atoms with Gasteiger partial charge in [-0.05, 0) is 27.2 Å². The maximum atomic E-state index is 13.4. The number of aromatic hydroxyl groups is 1. The second kappa shape index (κ2) is 6.51. The number of benzene rings is 1. The minimum Gasteiger partial charge on any atom is -0.507 e. The van der Waals surface area contributed by atoms with Crippen LogP contribution in [0.1, 0.15) is 48.2 Å². The van der Waals surface area contributed by atoms with Crippen molar-refractivity contribution in [2.45, 2.75) is 39.2 Å². The third-order valence-corrected chi connectivity index (χ3v) is 5.63. The molecule has 0 fully saturated rings. The van der Waals surface area contributed by atoms with E-state index in [0.717, 1.165) is 0 Å². The number of Topliss-reactive ketones (excluding diaryl/α,β-unsaturated/α-hetero) is 2. The smallest absolute Gasteiger partial charge is 0.303 e. The normalized spacial score (nSPS) is 23.6. The van der Waals surface area contributed by atoms with Crippen LogP contribution < -0.4 is 9.47 Å². The molecule has 0 saturated heterocycles. The Hall–Kier alpha value is -3.49. The molecule has 9 nitrogen and oxygen atoms in total. The number of hydrogen-bond acceptors (Lipinski definition) is 8. The molecule has 0 bridgehead atoms. The fourth-order valence-corrected chi connectivity index (χ4v) is 4.15. The Labute approximate surface area is 171 Å². The van der Waals surface area contributed by atoms with Gasteiger partial charge in [-0.3, -0.25) is 24.2 Å². The summed E-state index contributed by atoms with van der Waals surface area (Å²) in [5.74, 6) is -3.71.